The Labute approximate surface area is 176 Å². The summed E-state index contributed by atoms with van der Waals surface area (Å²) in [7, 11) is 0. The summed E-state index contributed by atoms with van der Waals surface area (Å²) in [5.41, 5.74) is 6.56. The maximum absolute atomic E-state index is 2.61. The molecule has 0 heterocycles. The third-order valence-corrected chi connectivity index (χ3v) is 8.20. The van der Waals surface area contributed by atoms with E-state index in [4.69, 9.17) is 0 Å². The average Bonchev–Trinajstić information content (AvgIpc) is 3.06. The van der Waals surface area contributed by atoms with Crippen LogP contribution in [0.4, 0.5) is 0 Å². The van der Waals surface area contributed by atoms with Gasteiger partial charge in [0, 0.05) is 0 Å². The third-order valence-electron chi connectivity index (χ3n) is 5.63. The van der Waals surface area contributed by atoms with Crippen molar-refractivity contribution in [3.8, 4) is 0 Å². The van der Waals surface area contributed by atoms with Crippen LogP contribution in [0.2, 0.25) is 0 Å². The van der Waals surface area contributed by atoms with Crippen LogP contribution in [0, 0.1) is 5.92 Å². The largest absolute Gasteiger partial charge is 1.00 e. The van der Waals surface area contributed by atoms with E-state index in [1.165, 1.54) is 37.7 Å². The van der Waals surface area contributed by atoms with E-state index in [-0.39, 0.29) is 53.1 Å². The van der Waals surface area contributed by atoms with Crippen LogP contribution in [0.15, 0.2) is 49.2 Å². The summed E-state index contributed by atoms with van der Waals surface area (Å²) in [6, 6.07) is 9.03. The quantitative estimate of drug-likeness (QED) is 0.532. The van der Waals surface area contributed by atoms with Crippen LogP contribution in [0.5, 0.6) is 0 Å². The van der Waals surface area contributed by atoms with Gasteiger partial charge in [-0.1, -0.05) is 0 Å². The van der Waals surface area contributed by atoms with E-state index in [1.807, 2.05) is 0 Å². The zero-order valence-corrected chi connectivity index (χ0v) is 19.1. The Morgan fingerprint density at radius 1 is 1.00 bits per heavy atom. The molecule has 1 aromatic rings. The Bertz CT molecular complexity index is 700. The first-order valence-electron chi connectivity index (χ1n) is 8.79. The molecule has 0 bridgehead atoms. The summed E-state index contributed by atoms with van der Waals surface area (Å²) in [5.74, 6) is 1.44. The van der Waals surface area contributed by atoms with E-state index in [2.05, 4.69) is 50.3 Å². The summed E-state index contributed by atoms with van der Waals surface area (Å²) < 4.78 is 3.56. The van der Waals surface area contributed by atoms with E-state index in [0.29, 0.717) is 5.92 Å². The number of halogens is 2. The van der Waals surface area contributed by atoms with Gasteiger partial charge in [-0.15, -0.1) is 0 Å². The predicted molar refractivity (Wildman–Crippen MR) is 90.2 cm³/mol. The molecule has 0 nitrogen and oxygen atoms in total. The fourth-order valence-electron chi connectivity index (χ4n) is 4.38. The fraction of sp³-hybridized carbons (Fsp3) is 0.429. The average molecular weight is 484 g/mol. The number of rotatable bonds is 3. The topological polar surface area (TPSA) is 0 Å². The second-order valence-corrected chi connectivity index (χ2v) is 9.09. The molecular weight excluding hydrogens is 460 g/mol. The van der Waals surface area contributed by atoms with Gasteiger partial charge in [-0.25, -0.2) is 0 Å². The second-order valence-electron chi connectivity index (χ2n) is 6.89. The molecule has 3 aliphatic carbocycles. The molecule has 0 amide bonds. The van der Waals surface area contributed by atoms with Crippen LogP contribution < -0.4 is 34.0 Å². The molecular formula is C21H24Br2Ti. The smallest absolute Gasteiger partial charge is 1.00 e. The molecule has 3 heteroatoms. The molecule has 0 N–H and O–H groups in total. The van der Waals surface area contributed by atoms with Crippen molar-refractivity contribution in [2.75, 3.05) is 0 Å². The molecule has 4 rings (SSSR count). The summed E-state index contributed by atoms with van der Waals surface area (Å²) in [6.45, 7) is 4.81. The SMILES string of the molecule is CCC1[C]([Ti+2][C]2=CC3=C(CCCC3)C2C)=Cc2ccccc21.[Br-].[Br-]. The number of hydrogen-bond donors (Lipinski definition) is 0. The van der Waals surface area contributed by atoms with Gasteiger partial charge < -0.3 is 34.0 Å². The minimum Gasteiger partial charge on any atom is -1.00 e. The minimum atomic E-state index is -0.133. The normalized spacial score (nSPS) is 24.1. The molecule has 0 saturated heterocycles. The van der Waals surface area contributed by atoms with Crippen molar-refractivity contribution < 1.29 is 53.1 Å². The predicted octanol–water partition coefficient (Wildman–Crippen LogP) is 0.0294. The molecule has 1 aromatic carbocycles. The number of allylic oxidation sites excluding steroid dienone is 5. The van der Waals surface area contributed by atoms with Crippen LogP contribution in [0.25, 0.3) is 6.08 Å². The molecule has 0 aliphatic heterocycles. The molecule has 0 aromatic heterocycles. The zero-order valence-electron chi connectivity index (χ0n) is 14.4. The summed E-state index contributed by atoms with van der Waals surface area (Å²) in [4.78, 5) is 0. The summed E-state index contributed by atoms with van der Waals surface area (Å²) in [5, 5.41) is 0. The van der Waals surface area contributed by atoms with Crippen molar-refractivity contribution in [2.24, 2.45) is 5.92 Å². The van der Waals surface area contributed by atoms with Gasteiger partial charge in [-0.3, -0.25) is 0 Å². The van der Waals surface area contributed by atoms with Crippen molar-refractivity contribution >= 4 is 6.08 Å². The maximum Gasteiger partial charge on any atom is -1.00 e. The van der Waals surface area contributed by atoms with Gasteiger partial charge >= 0.3 is 143 Å². The van der Waals surface area contributed by atoms with Gasteiger partial charge in [0.2, 0.25) is 0 Å². The van der Waals surface area contributed by atoms with E-state index >= 15 is 0 Å². The van der Waals surface area contributed by atoms with E-state index < -0.39 is 0 Å². The minimum absolute atomic E-state index is 0. The Hall–Kier alpha value is 0.114. The van der Waals surface area contributed by atoms with E-state index in [1.54, 1.807) is 24.5 Å². The van der Waals surface area contributed by atoms with Gasteiger partial charge in [0.05, 0.1) is 0 Å². The van der Waals surface area contributed by atoms with Crippen molar-refractivity contribution in [3.63, 3.8) is 0 Å². The molecule has 3 aliphatic rings. The summed E-state index contributed by atoms with van der Waals surface area (Å²) in [6.07, 6.45) is 11.9. The molecule has 0 radical (unpaired) electrons. The standard InChI is InChI=1S/C11H11.C10H13.2BrH.Ti/c1-2-9-7-8-10-5-3-4-6-11(9)10;1-8-6-7-9-4-2-3-5-10(8)9;;;/h3-6,8-9H,2H2,1H3;7-8H,2-5H2,1H3;2*1H;/q;;;;+2/p-2. The second kappa shape index (κ2) is 8.67. The molecule has 126 valence electrons. The molecule has 2 atom stereocenters. The van der Waals surface area contributed by atoms with Crippen molar-refractivity contribution in [1.29, 1.82) is 0 Å². The van der Waals surface area contributed by atoms with Gasteiger partial charge in [0.25, 0.3) is 0 Å². The maximum atomic E-state index is 2.61. The monoisotopic (exact) mass is 482 g/mol. The number of hydrogen-bond acceptors (Lipinski definition) is 0. The van der Waals surface area contributed by atoms with Crippen LogP contribution >= 0.6 is 0 Å². The molecule has 0 saturated carbocycles. The van der Waals surface area contributed by atoms with E-state index in [0.717, 1.165) is 5.92 Å². The molecule has 0 spiro atoms. The van der Waals surface area contributed by atoms with E-state index in [9.17, 15) is 0 Å². The Morgan fingerprint density at radius 3 is 2.50 bits per heavy atom. The first-order valence-corrected chi connectivity index (χ1v) is 10.3. The summed E-state index contributed by atoms with van der Waals surface area (Å²) >= 11 is -0.133. The Kier molecular flexibility index (Phi) is 7.38. The Balaban J connectivity index is 0.00000104. The Morgan fingerprint density at radius 2 is 1.75 bits per heavy atom. The molecule has 24 heavy (non-hydrogen) atoms. The van der Waals surface area contributed by atoms with Crippen molar-refractivity contribution in [2.45, 2.75) is 51.9 Å². The third kappa shape index (κ3) is 3.63. The van der Waals surface area contributed by atoms with Gasteiger partial charge in [-0.05, 0) is 0 Å². The van der Waals surface area contributed by atoms with Gasteiger partial charge in [-0.2, -0.15) is 0 Å². The van der Waals surface area contributed by atoms with Gasteiger partial charge in [0.15, 0.2) is 0 Å². The fourth-order valence-corrected chi connectivity index (χ4v) is 7.09. The first kappa shape index (κ1) is 20.4. The van der Waals surface area contributed by atoms with Crippen LogP contribution in [0.3, 0.4) is 0 Å². The van der Waals surface area contributed by atoms with Crippen LogP contribution in [0.1, 0.15) is 63.0 Å². The first-order chi connectivity index (χ1) is 10.8. The van der Waals surface area contributed by atoms with Crippen molar-refractivity contribution in [3.05, 3.63) is 60.4 Å². The zero-order chi connectivity index (χ0) is 15.1. The molecule has 2 unspecified atom stereocenters. The van der Waals surface area contributed by atoms with Crippen LogP contribution in [-0.4, -0.2) is 0 Å². The number of benzene rings is 1. The molecule has 0 fully saturated rings. The van der Waals surface area contributed by atoms with Crippen LogP contribution in [-0.2, 0) is 19.2 Å². The van der Waals surface area contributed by atoms with Gasteiger partial charge in [0.1, 0.15) is 0 Å². The number of fused-ring (bicyclic) bond motifs is 1. The van der Waals surface area contributed by atoms with Crippen molar-refractivity contribution in [1.82, 2.24) is 0 Å².